The van der Waals surface area contributed by atoms with E-state index in [9.17, 15) is 18.0 Å². The number of carbonyl (C=O) groups is 1. The molecule has 1 N–H and O–H groups in total. The molecule has 174 valence electrons. The Kier molecular flexibility index (Phi) is 8.16. The maximum absolute atomic E-state index is 12.9. The van der Waals surface area contributed by atoms with Gasteiger partial charge in [-0.2, -0.15) is 13.2 Å². The van der Waals surface area contributed by atoms with Gasteiger partial charge in [-0.1, -0.05) is 17.7 Å². The van der Waals surface area contributed by atoms with E-state index in [1.165, 1.54) is 0 Å². The van der Waals surface area contributed by atoms with Crippen molar-refractivity contribution < 1.29 is 37.3 Å². The number of aryl methyl sites for hydroxylation is 1. The van der Waals surface area contributed by atoms with E-state index in [4.69, 9.17) is 30.9 Å². The van der Waals surface area contributed by atoms with Crippen LogP contribution in [0.5, 0.6) is 17.4 Å². The van der Waals surface area contributed by atoms with Crippen molar-refractivity contribution in [2.45, 2.75) is 19.0 Å². The van der Waals surface area contributed by atoms with Crippen molar-refractivity contribution in [2.24, 2.45) is 0 Å². The van der Waals surface area contributed by atoms with E-state index in [1.807, 2.05) is 0 Å². The number of nitrogens with zero attached hydrogens (tertiary/aromatic N) is 2. The van der Waals surface area contributed by atoms with E-state index in [2.05, 4.69) is 9.88 Å². The van der Waals surface area contributed by atoms with Crippen LogP contribution in [0.25, 0.3) is 0 Å². The first-order valence-electron chi connectivity index (χ1n) is 9.90. The highest BCUT2D eigenvalue weighted by molar-refractivity contribution is 6.31. The van der Waals surface area contributed by atoms with Gasteiger partial charge in [-0.05, 0) is 24.1 Å². The van der Waals surface area contributed by atoms with Crippen molar-refractivity contribution in [3.05, 3.63) is 46.6 Å². The number of carboxylic acid groups (broad SMARTS) is 1. The number of hydrogen-bond acceptors (Lipinski definition) is 6. The Hall–Kier alpha value is -2.56. The zero-order chi connectivity index (χ0) is 23.1. The van der Waals surface area contributed by atoms with E-state index < -0.39 is 17.7 Å². The molecular weight excluding hydrogens is 453 g/mol. The number of alkyl halides is 3. The topological polar surface area (TPSA) is 81.1 Å². The summed E-state index contributed by atoms with van der Waals surface area (Å²) in [4.78, 5) is 16.8. The molecular formula is C21H22ClF3N2O5. The molecule has 1 fully saturated rings. The fourth-order valence-corrected chi connectivity index (χ4v) is 3.25. The quantitative estimate of drug-likeness (QED) is 0.581. The minimum absolute atomic E-state index is 0.150. The fraction of sp³-hybridized carbons (Fsp3) is 0.429. The number of halogens is 4. The van der Waals surface area contributed by atoms with Gasteiger partial charge in [0.2, 0.25) is 5.88 Å². The van der Waals surface area contributed by atoms with Crippen LogP contribution in [0.15, 0.2) is 30.5 Å². The Labute approximate surface area is 187 Å². The second kappa shape index (κ2) is 10.8. The first-order chi connectivity index (χ1) is 15.2. The second-order valence-corrected chi connectivity index (χ2v) is 7.48. The van der Waals surface area contributed by atoms with Crippen LogP contribution in [0, 0.1) is 0 Å². The summed E-state index contributed by atoms with van der Waals surface area (Å²) in [6.45, 7) is 4.11. The minimum atomic E-state index is -4.59. The van der Waals surface area contributed by atoms with Gasteiger partial charge in [-0.15, -0.1) is 0 Å². The number of carboxylic acids is 1. The zero-order valence-corrected chi connectivity index (χ0v) is 17.8. The van der Waals surface area contributed by atoms with E-state index in [1.54, 1.807) is 18.2 Å². The summed E-state index contributed by atoms with van der Waals surface area (Å²) in [7, 11) is 0. The first kappa shape index (κ1) is 24.1. The highest BCUT2D eigenvalue weighted by atomic mass is 35.5. The summed E-state index contributed by atoms with van der Waals surface area (Å²) in [5.74, 6) is -0.533. The third-order valence-corrected chi connectivity index (χ3v) is 5.04. The summed E-state index contributed by atoms with van der Waals surface area (Å²) in [5, 5.41) is 8.66. The van der Waals surface area contributed by atoms with Crippen molar-refractivity contribution in [1.82, 2.24) is 9.88 Å². The van der Waals surface area contributed by atoms with Crippen LogP contribution < -0.4 is 9.47 Å². The van der Waals surface area contributed by atoms with Gasteiger partial charge in [0.05, 0.1) is 18.8 Å². The molecule has 0 amide bonds. The maximum Gasteiger partial charge on any atom is 0.417 e. The number of ether oxygens (including phenoxy) is 3. The standard InChI is InChI=1S/C21H22ClF3N2O5/c22-17-11-15(21(23,24)25)13-26-20(17)32-18-12-16(3-1-14(18)2-4-19(28)29)31-10-7-27-5-8-30-9-6-27/h1,3,11-13H,2,4-10H2,(H,28,29). The van der Waals surface area contributed by atoms with E-state index >= 15 is 0 Å². The van der Waals surface area contributed by atoms with Crippen molar-refractivity contribution in [1.29, 1.82) is 0 Å². The Morgan fingerprint density at radius 1 is 1.25 bits per heavy atom. The lowest BCUT2D eigenvalue weighted by Gasteiger charge is -2.26. The van der Waals surface area contributed by atoms with Gasteiger partial charge in [-0.3, -0.25) is 9.69 Å². The average Bonchev–Trinajstić information content (AvgIpc) is 2.74. The molecule has 0 aliphatic carbocycles. The molecule has 0 bridgehead atoms. The normalized spacial score (nSPS) is 14.9. The van der Waals surface area contributed by atoms with Crippen molar-refractivity contribution in [2.75, 3.05) is 39.5 Å². The van der Waals surface area contributed by atoms with Gasteiger partial charge in [0.1, 0.15) is 23.1 Å². The molecule has 1 aliphatic rings. The summed E-state index contributed by atoms with van der Waals surface area (Å²) < 4.78 is 55.3. The van der Waals surface area contributed by atoms with Crippen LogP contribution in [-0.4, -0.2) is 60.4 Å². The van der Waals surface area contributed by atoms with Gasteiger partial charge in [-0.25, -0.2) is 4.98 Å². The summed E-state index contributed by atoms with van der Waals surface area (Å²) in [6.07, 6.45) is -3.96. The molecule has 1 saturated heterocycles. The molecule has 0 atom stereocenters. The van der Waals surface area contributed by atoms with Crippen LogP contribution in [0.4, 0.5) is 13.2 Å². The van der Waals surface area contributed by atoms with Gasteiger partial charge < -0.3 is 19.3 Å². The van der Waals surface area contributed by atoms with Gasteiger partial charge in [0.25, 0.3) is 0 Å². The number of aliphatic carboxylic acids is 1. The Balaban J connectivity index is 1.74. The molecule has 2 heterocycles. The van der Waals surface area contributed by atoms with E-state index in [-0.39, 0.29) is 29.5 Å². The van der Waals surface area contributed by atoms with Crippen molar-refractivity contribution in [3.8, 4) is 17.4 Å². The molecule has 1 aliphatic heterocycles. The smallest absolute Gasteiger partial charge is 0.417 e. The van der Waals surface area contributed by atoms with Crippen LogP contribution in [-0.2, 0) is 22.1 Å². The summed E-state index contributed by atoms with van der Waals surface area (Å²) >= 11 is 5.95. The summed E-state index contributed by atoms with van der Waals surface area (Å²) in [5.41, 5.74) is -0.466. The predicted octanol–water partition coefficient (Wildman–Crippen LogP) is 4.27. The SMILES string of the molecule is O=C(O)CCc1ccc(OCCN2CCOCC2)cc1Oc1ncc(C(F)(F)F)cc1Cl. The number of hydrogen-bond donors (Lipinski definition) is 1. The Bertz CT molecular complexity index is 936. The number of benzene rings is 1. The third kappa shape index (κ3) is 6.98. The Morgan fingerprint density at radius 2 is 2.00 bits per heavy atom. The molecule has 0 spiro atoms. The molecule has 1 aromatic carbocycles. The third-order valence-electron chi connectivity index (χ3n) is 4.77. The lowest BCUT2D eigenvalue weighted by Crippen LogP contribution is -2.38. The van der Waals surface area contributed by atoms with E-state index in [0.29, 0.717) is 43.9 Å². The molecule has 7 nitrogen and oxygen atoms in total. The van der Waals surface area contributed by atoms with Crippen LogP contribution in [0.2, 0.25) is 5.02 Å². The molecule has 11 heteroatoms. The van der Waals surface area contributed by atoms with E-state index in [0.717, 1.165) is 19.2 Å². The number of morpholine rings is 1. The average molecular weight is 475 g/mol. The van der Waals surface area contributed by atoms with Crippen LogP contribution >= 0.6 is 11.6 Å². The molecule has 0 radical (unpaired) electrons. The highest BCUT2D eigenvalue weighted by Crippen LogP contribution is 2.36. The van der Waals surface area contributed by atoms with Gasteiger partial charge in [0, 0.05) is 38.3 Å². The zero-order valence-electron chi connectivity index (χ0n) is 17.0. The fourth-order valence-electron chi connectivity index (χ4n) is 3.04. The van der Waals surface area contributed by atoms with Crippen LogP contribution in [0.1, 0.15) is 17.5 Å². The first-order valence-corrected chi connectivity index (χ1v) is 10.3. The largest absolute Gasteiger partial charge is 0.492 e. The van der Waals surface area contributed by atoms with Crippen molar-refractivity contribution in [3.63, 3.8) is 0 Å². The second-order valence-electron chi connectivity index (χ2n) is 7.08. The van der Waals surface area contributed by atoms with Gasteiger partial charge >= 0.3 is 12.1 Å². The lowest BCUT2D eigenvalue weighted by atomic mass is 10.1. The monoisotopic (exact) mass is 474 g/mol. The minimum Gasteiger partial charge on any atom is -0.492 e. The lowest BCUT2D eigenvalue weighted by molar-refractivity contribution is -0.138. The highest BCUT2D eigenvalue weighted by Gasteiger charge is 2.32. The molecule has 1 aromatic heterocycles. The number of pyridine rings is 1. The molecule has 0 saturated carbocycles. The molecule has 3 rings (SSSR count). The molecule has 0 unspecified atom stereocenters. The van der Waals surface area contributed by atoms with Crippen LogP contribution in [0.3, 0.4) is 0 Å². The van der Waals surface area contributed by atoms with Crippen molar-refractivity contribution >= 4 is 17.6 Å². The summed E-state index contributed by atoms with van der Waals surface area (Å²) in [6, 6.07) is 5.61. The molecule has 2 aromatic rings. The number of rotatable bonds is 9. The predicted molar refractivity (Wildman–Crippen MR) is 109 cm³/mol. The number of aromatic nitrogens is 1. The maximum atomic E-state index is 12.9. The Morgan fingerprint density at radius 3 is 2.66 bits per heavy atom. The van der Waals surface area contributed by atoms with Gasteiger partial charge in [0.15, 0.2) is 0 Å². The molecule has 32 heavy (non-hydrogen) atoms.